The summed E-state index contributed by atoms with van der Waals surface area (Å²) in [4.78, 5) is 12.5. The number of hydrogen-bond donors (Lipinski definition) is 2. The molecule has 1 unspecified atom stereocenters. The molecule has 23 heavy (non-hydrogen) atoms. The van der Waals surface area contributed by atoms with Gasteiger partial charge in [0.1, 0.15) is 0 Å². The number of aromatic nitrogens is 2. The molecule has 0 aromatic carbocycles. The molecule has 1 aromatic heterocycles. The van der Waals surface area contributed by atoms with Crippen LogP contribution < -0.4 is 10.6 Å². The number of amides is 2. The monoisotopic (exact) mass is 316 g/mol. The van der Waals surface area contributed by atoms with Gasteiger partial charge in [0.15, 0.2) is 0 Å². The zero-order valence-electron chi connectivity index (χ0n) is 14.2. The van der Waals surface area contributed by atoms with Crippen molar-refractivity contribution < 1.29 is 4.79 Å². The Balaban J connectivity index is 1.44. The van der Waals surface area contributed by atoms with Crippen molar-refractivity contribution in [3.8, 4) is 0 Å². The molecule has 5 heteroatoms. The van der Waals surface area contributed by atoms with Crippen LogP contribution in [0.25, 0.3) is 0 Å². The van der Waals surface area contributed by atoms with Crippen LogP contribution in [0.15, 0.2) is 6.20 Å². The van der Waals surface area contributed by atoms with Gasteiger partial charge in [-0.3, -0.25) is 4.68 Å². The van der Waals surface area contributed by atoms with E-state index in [0.717, 1.165) is 5.69 Å². The number of urea groups is 1. The van der Waals surface area contributed by atoms with Crippen LogP contribution in [0.5, 0.6) is 0 Å². The lowest BCUT2D eigenvalue weighted by molar-refractivity contribution is 0.203. The summed E-state index contributed by atoms with van der Waals surface area (Å²) in [5.41, 5.74) is 2.11. The van der Waals surface area contributed by atoms with Crippen LogP contribution in [0.3, 0.4) is 0 Å². The lowest BCUT2D eigenvalue weighted by Gasteiger charge is -2.34. The largest absolute Gasteiger partial charge is 0.335 e. The lowest BCUT2D eigenvalue weighted by Crippen LogP contribution is -2.46. The van der Waals surface area contributed by atoms with Gasteiger partial charge in [-0.25, -0.2) is 4.79 Å². The summed E-state index contributed by atoms with van der Waals surface area (Å²) < 4.78 is 2.07. The summed E-state index contributed by atoms with van der Waals surface area (Å²) >= 11 is 0. The lowest BCUT2D eigenvalue weighted by atomic mass is 9.78. The van der Waals surface area contributed by atoms with E-state index in [4.69, 9.17) is 0 Å². The maximum absolute atomic E-state index is 12.5. The molecule has 0 bridgehead atoms. The van der Waals surface area contributed by atoms with E-state index in [-0.39, 0.29) is 6.03 Å². The SMILES string of the molecule is CC(C)n1ncc(NC(=O)NC(C2CCC2)C2CC2)c1C1CC1. The van der Waals surface area contributed by atoms with Crippen molar-refractivity contribution in [3.05, 3.63) is 11.9 Å². The molecule has 3 aliphatic rings. The van der Waals surface area contributed by atoms with Crippen LogP contribution >= 0.6 is 0 Å². The second kappa shape index (κ2) is 5.84. The van der Waals surface area contributed by atoms with Crippen LogP contribution in [-0.4, -0.2) is 21.9 Å². The van der Waals surface area contributed by atoms with Gasteiger partial charge >= 0.3 is 6.03 Å². The molecule has 1 heterocycles. The Labute approximate surface area is 138 Å². The summed E-state index contributed by atoms with van der Waals surface area (Å²) in [7, 11) is 0. The second-order valence-corrected chi connectivity index (χ2v) is 7.91. The van der Waals surface area contributed by atoms with E-state index < -0.39 is 0 Å². The topological polar surface area (TPSA) is 59.0 Å². The molecule has 0 spiro atoms. The van der Waals surface area contributed by atoms with E-state index in [9.17, 15) is 4.79 Å². The minimum atomic E-state index is -0.0426. The van der Waals surface area contributed by atoms with Crippen LogP contribution in [0.4, 0.5) is 10.5 Å². The highest BCUT2D eigenvalue weighted by Crippen LogP contribution is 2.44. The number of anilines is 1. The zero-order chi connectivity index (χ0) is 16.0. The first-order valence-electron chi connectivity index (χ1n) is 9.28. The average Bonchev–Trinajstić information content (AvgIpc) is 3.34. The Morgan fingerprint density at radius 3 is 2.39 bits per heavy atom. The standard InChI is InChI=1S/C18H28N4O/c1-11(2)22-17(14-8-9-14)15(10-19-22)20-18(23)21-16(13-6-7-13)12-4-3-5-12/h10-14,16H,3-9H2,1-2H3,(H2,20,21,23). The van der Waals surface area contributed by atoms with Crippen molar-refractivity contribution in [2.24, 2.45) is 11.8 Å². The first-order chi connectivity index (χ1) is 11.1. The molecule has 5 nitrogen and oxygen atoms in total. The molecule has 0 saturated heterocycles. The van der Waals surface area contributed by atoms with Gasteiger partial charge in [0.25, 0.3) is 0 Å². The third-order valence-corrected chi connectivity index (χ3v) is 5.62. The van der Waals surface area contributed by atoms with Crippen molar-refractivity contribution in [2.75, 3.05) is 5.32 Å². The fourth-order valence-corrected chi connectivity index (χ4v) is 3.83. The van der Waals surface area contributed by atoms with Crippen molar-refractivity contribution in [1.29, 1.82) is 0 Å². The van der Waals surface area contributed by atoms with Gasteiger partial charge in [-0.1, -0.05) is 6.42 Å². The van der Waals surface area contributed by atoms with Gasteiger partial charge in [0, 0.05) is 18.0 Å². The van der Waals surface area contributed by atoms with Crippen LogP contribution in [0.1, 0.15) is 76.4 Å². The van der Waals surface area contributed by atoms with Crippen molar-refractivity contribution in [3.63, 3.8) is 0 Å². The van der Waals surface area contributed by atoms with Gasteiger partial charge in [-0.2, -0.15) is 5.10 Å². The van der Waals surface area contributed by atoms with Gasteiger partial charge in [0.05, 0.1) is 17.6 Å². The number of carbonyl (C=O) groups excluding carboxylic acids is 1. The highest BCUT2D eigenvalue weighted by Gasteiger charge is 2.40. The highest BCUT2D eigenvalue weighted by atomic mass is 16.2. The van der Waals surface area contributed by atoms with E-state index in [0.29, 0.717) is 29.8 Å². The number of hydrogen-bond acceptors (Lipinski definition) is 2. The number of nitrogens with one attached hydrogen (secondary N) is 2. The molecule has 126 valence electrons. The van der Waals surface area contributed by atoms with E-state index in [1.165, 1.54) is 50.6 Å². The molecule has 1 aromatic rings. The van der Waals surface area contributed by atoms with Crippen molar-refractivity contribution >= 4 is 11.7 Å². The molecular formula is C18H28N4O. The zero-order valence-corrected chi connectivity index (χ0v) is 14.2. The van der Waals surface area contributed by atoms with E-state index in [1.54, 1.807) is 0 Å². The summed E-state index contributed by atoms with van der Waals surface area (Å²) in [6.07, 6.45) is 10.7. The Bertz CT molecular complexity index is 582. The van der Waals surface area contributed by atoms with E-state index in [1.807, 2.05) is 6.20 Å². The fraction of sp³-hybridized carbons (Fsp3) is 0.778. The normalized spacial score (nSPS) is 22.7. The van der Waals surface area contributed by atoms with Gasteiger partial charge < -0.3 is 10.6 Å². The maximum Gasteiger partial charge on any atom is 0.319 e. The summed E-state index contributed by atoms with van der Waals surface area (Å²) in [5, 5.41) is 10.9. The van der Waals surface area contributed by atoms with Gasteiger partial charge in [-0.05, 0) is 64.2 Å². The minimum absolute atomic E-state index is 0.0426. The van der Waals surface area contributed by atoms with Crippen LogP contribution in [0.2, 0.25) is 0 Å². The molecule has 2 N–H and O–H groups in total. The first-order valence-corrected chi connectivity index (χ1v) is 9.28. The quantitative estimate of drug-likeness (QED) is 0.832. The van der Waals surface area contributed by atoms with E-state index >= 15 is 0 Å². The molecule has 1 atom stereocenters. The average molecular weight is 316 g/mol. The first kappa shape index (κ1) is 15.0. The van der Waals surface area contributed by atoms with Gasteiger partial charge in [0.2, 0.25) is 0 Å². The van der Waals surface area contributed by atoms with Crippen LogP contribution in [-0.2, 0) is 0 Å². The summed E-state index contributed by atoms with van der Waals surface area (Å²) in [5.74, 6) is 1.99. The summed E-state index contributed by atoms with van der Waals surface area (Å²) in [6, 6.07) is 0.672. The third-order valence-electron chi connectivity index (χ3n) is 5.62. The van der Waals surface area contributed by atoms with Gasteiger partial charge in [-0.15, -0.1) is 0 Å². The Kier molecular flexibility index (Phi) is 3.82. The molecule has 4 rings (SSSR count). The number of carbonyl (C=O) groups is 1. The Morgan fingerprint density at radius 1 is 1.17 bits per heavy atom. The Hall–Kier alpha value is -1.52. The molecule has 3 fully saturated rings. The highest BCUT2D eigenvalue weighted by molar-refractivity contribution is 5.90. The third kappa shape index (κ3) is 3.10. The molecule has 0 radical (unpaired) electrons. The maximum atomic E-state index is 12.5. The minimum Gasteiger partial charge on any atom is -0.335 e. The smallest absolute Gasteiger partial charge is 0.319 e. The van der Waals surface area contributed by atoms with Crippen molar-refractivity contribution in [2.45, 2.75) is 76.8 Å². The predicted molar refractivity (Wildman–Crippen MR) is 90.6 cm³/mol. The molecule has 3 aliphatic carbocycles. The van der Waals surface area contributed by atoms with Crippen LogP contribution in [0, 0.1) is 11.8 Å². The molecule has 2 amide bonds. The Morgan fingerprint density at radius 2 is 1.87 bits per heavy atom. The molecule has 0 aliphatic heterocycles. The fourth-order valence-electron chi connectivity index (χ4n) is 3.83. The predicted octanol–water partition coefficient (Wildman–Crippen LogP) is 4.04. The molecule has 3 saturated carbocycles. The molecular weight excluding hydrogens is 288 g/mol. The summed E-state index contributed by atoms with van der Waals surface area (Å²) in [6.45, 7) is 4.28. The van der Waals surface area contributed by atoms with E-state index in [2.05, 4.69) is 34.3 Å². The van der Waals surface area contributed by atoms with Crippen molar-refractivity contribution in [1.82, 2.24) is 15.1 Å². The second-order valence-electron chi connectivity index (χ2n) is 7.91. The number of nitrogens with zero attached hydrogens (tertiary/aromatic N) is 2. The number of rotatable bonds is 6.